The number of carbonyl (C=O) groups excluding carboxylic acids is 1. The topological polar surface area (TPSA) is 72.8 Å². The zero-order valence-electron chi connectivity index (χ0n) is 15.0. The highest BCUT2D eigenvalue weighted by Crippen LogP contribution is 2.40. The molecule has 1 N–H and O–H groups in total. The summed E-state index contributed by atoms with van der Waals surface area (Å²) in [5, 5.41) is 9.10. The Labute approximate surface area is 155 Å². The monoisotopic (exact) mass is 374 g/mol. The Morgan fingerprint density at radius 1 is 0.920 bits per heavy atom. The van der Waals surface area contributed by atoms with Gasteiger partial charge in [0, 0.05) is 12.3 Å². The van der Waals surface area contributed by atoms with Gasteiger partial charge in [-0.05, 0) is 63.2 Å². The molecule has 0 heterocycles. The van der Waals surface area contributed by atoms with Crippen molar-refractivity contribution in [2.24, 2.45) is 17.8 Å². The highest BCUT2D eigenvalue weighted by Gasteiger charge is 2.32. The molecule has 0 spiro atoms. The van der Waals surface area contributed by atoms with Crippen LogP contribution >= 0.6 is 11.6 Å². The third-order valence-electron chi connectivity index (χ3n) is 5.71. The second-order valence-electron chi connectivity index (χ2n) is 7.37. The van der Waals surface area contributed by atoms with Crippen LogP contribution in [0.5, 0.6) is 0 Å². The number of halogens is 1. The molecule has 5 nitrogen and oxygen atoms in total. The van der Waals surface area contributed by atoms with Crippen molar-refractivity contribution in [1.29, 1.82) is 0 Å². The van der Waals surface area contributed by atoms with Gasteiger partial charge in [-0.25, -0.2) is 0 Å². The summed E-state index contributed by atoms with van der Waals surface area (Å²) in [6.07, 6.45) is 9.72. The Kier molecular flexibility index (Phi) is 9.04. The lowest BCUT2D eigenvalue weighted by atomic mass is 9.70. The van der Waals surface area contributed by atoms with Gasteiger partial charge in [0.1, 0.15) is 0 Å². The molecule has 0 radical (unpaired) electrons. The molecule has 25 heavy (non-hydrogen) atoms. The molecule has 2 rings (SSSR count). The molecule has 0 saturated heterocycles. The van der Waals surface area contributed by atoms with E-state index in [1.54, 1.807) is 0 Å². The predicted molar refractivity (Wildman–Crippen MR) is 95.7 cm³/mol. The summed E-state index contributed by atoms with van der Waals surface area (Å²) in [7, 11) is 0. The number of carboxylic acid groups (broad SMARTS) is 1. The van der Waals surface area contributed by atoms with E-state index in [2.05, 4.69) is 0 Å². The molecule has 6 heteroatoms. The van der Waals surface area contributed by atoms with Gasteiger partial charge in [0.15, 0.2) is 0 Å². The molecule has 0 aromatic heterocycles. The molecule has 0 aromatic carbocycles. The number of hydrogen-bond acceptors (Lipinski definition) is 4. The minimum Gasteiger partial charge on any atom is -0.481 e. The van der Waals surface area contributed by atoms with Crippen LogP contribution in [0.1, 0.15) is 64.2 Å². The summed E-state index contributed by atoms with van der Waals surface area (Å²) < 4.78 is 11.0. The first-order valence-corrected chi connectivity index (χ1v) is 10.2. The first-order valence-electron chi connectivity index (χ1n) is 9.66. The molecule has 0 amide bonds. The van der Waals surface area contributed by atoms with E-state index in [9.17, 15) is 9.59 Å². The summed E-state index contributed by atoms with van der Waals surface area (Å²) >= 11 is 5.48. The Balaban J connectivity index is 1.53. The average Bonchev–Trinajstić information content (AvgIpc) is 2.62. The van der Waals surface area contributed by atoms with Crippen molar-refractivity contribution >= 4 is 23.5 Å². The normalized spacial score (nSPS) is 30.0. The fraction of sp³-hybridized carbons (Fsp3) is 0.895. The van der Waals surface area contributed by atoms with Gasteiger partial charge in [0.2, 0.25) is 0 Å². The van der Waals surface area contributed by atoms with Crippen molar-refractivity contribution in [3.63, 3.8) is 0 Å². The molecule has 0 atom stereocenters. The third kappa shape index (κ3) is 7.14. The van der Waals surface area contributed by atoms with Gasteiger partial charge in [0.05, 0.1) is 31.7 Å². The Morgan fingerprint density at radius 3 is 2.08 bits per heavy atom. The van der Waals surface area contributed by atoms with E-state index >= 15 is 0 Å². The van der Waals surface area contributed by atoms with Crippen LogP contribution in [-0.4, -0.2) is 42.2 Å². The number of esters is 1. The molecule has 0 aromatic rings. The van der Waals surface area contributed by atoms with E-state index < -0.39 is 5.97 Å². The van der Waals surface area contributed by atoms with Gasteiger partial charge in [-0.2, -0.15) is 0 Å². The quantitative estimate of drug-likeness (QED) is 0.375. The maximum absolute atomic E-state index is 11.2. The van der Waals surface area contributed by atoms with Crippen LogP contribution in [0, 0.1) is 17.8 Å². The van der Waals surface area contributed by atoms with Gasteiger partial charge < -0.3 is 14.6 Å². The molecule has 2 aliphatic rings. The molecular formula is C19H31ClO5. The Morgan fingerprint density at radius 2 is 1.52 bits per heavy atom. The van der Waals surface area contributed by atoms with Gasteiger partial charge >= 0.3 is 11.9 Å². The van der Waals surface area contributed by atoms with Crippen molar-refractivity contribution in [2.75, 3.05) is 19.1 Å². The van der Waals surface area contributed by atoms with Crippen molar-refractivity contribution < 1.29 is 24.2 Å². The molecule has 0 aliphatic heterocycles. The Bertz CT molecular complexity index is 412. The maximum atomic E-state index is 11.2. The SMILES string of the molecule is O=C(CCCl)OCCCOC1CCC(C2CCC(C(=O)O)CC2)CC1. The number of carbonyl (C=O) groups is 2. The van der Waals surface area contributed by atoms with Gasteiger partial charge in [-0.15, -0.1) is 11.6 Å². The highest BCUT2D eigenvalue weighted by molar-refractivity contribution is 6.18. The number of carboxylic acids is 1. The highest BCUT2D eigenvalue weighted by atomic mass is 35.5. The maximum Gasteiger partial charge on any atom is 0.306 e. The van der Waals surface area contributed by atoms with Crippen LogP contribution < -0.4 is 0 Å². The molecule has 0 unspecified atom stereocenters. The van der Waals surface area contributed by atoms with Crippen LogP contribution in [0.4, 0.5) is 0 Å². The molecule has 0 bridgehead atoms. The second-order valence-corrected chi connectivity index (χ2v) is 7.75. The molecule has 2 aliphatic carbocycles. The zero-order valence-corrected chi connectivity index (χ0v) is 15.7. The standard InChI is InChI=1S/C19H31ClO5/c20-11-10-18(21)25-13-1-12-24-17-8-6-15(7-9-17)14-2-4-16(5-3-14)19(22)23/h14-17H,1-13H2,(H,22,23). The van der Waals surface area contributed by atoms with Crippen LogP contribution in [0.2, 0.25) is 0 Å². The molecule has 2 saturated carbocycles. The van der Waals surface area contributed by atoms with E-state index in [4.69, 9.17) is 26.2 Å². The van der Waals surface area contributed by atoms with Crippen molar-refractivity contribution in [2.45, 2.75) is 70.3 Å². The van der Waals surface area contributed by atoms with Crippen molar-refractivity contribution in [1.82, 2.24) is 0 Å². The average molecular weight is 375 g/mol. The van der Waals surface area contributed by atoms with E-state index in [1.165, 1.54) is 12.8 Å². The van der Waals surface area contributed by atoms with Gasteiger partial charge in [-0.1, -0.05) is 0 Å². The summed E-state index contributed by atoms with van der Waals surface area (Å²) in [6.45, 7) is 1.03. The minimum atomic E-state index is -0.621. The smallest absolute Gasteiger partial charge is 0.306 e. The number of alkyl halides is 1. The summed E-state index contributed by atoms with van der Waals surface area (Å²) in [6, 6.07) is 0. The summed E-state index contributed by atoms with van der Waals surface area (Å²) in [5.41, 5.74) is 0. The van der Waals surface area contributed by atoms with Crippen molar-refractivity contribution in [3.05, 3.63) is 0 Å². The largest absolute Gasteiger partial charge is 0.481 e. The van der Waals surface area contributed by atoms with E-state index in [0.29, 0.717) is 31.1 Å². The lowest BCUT2D eigenvalue weighted by Crippen LogP contribution is -2.30. The van der Waals surface area contributed by atoms with Crippen LogP contribution in [0.15, 0.2) is 0 Å². The van der Waals surface area contributed by atoms with E-state index in [0.717, 1.165) is 50.9 Å². The lowest BCUT2D eigenvalue weighted by molar-refractivity contribution is -0.144. The van der Waals surface area contributed by atoms with Crippen LogP contribution in [0.3, 0.4) is 0 Å². The summed E-state index contributed by atoms with van der Waals surface area (Å²) in [4.78, 5) is 22.2. The predicted octanol–water partition coefficient (Wildman–Crippen LogP) is 4.02. The fourth-order valence-corrected chi connectivity index (χ4v) is 4.36. The number of aliphatic carboxylic acids is 1. The number of rotatable bonds is 9. The van der Waals surface area contributed by atoms with Gasteiger partial charge in [-0.3, -0.25) is 9.59 Å². The van der Waals surface area contributed by atoms with Crippen LogP contribution in [0.25, 0.3) is 0 Å². The Hall–Kier alpha value is -0.810. The lowest BCUT2D eigenvalue weighted by Gasteiger charge is -2.37. The molecule has 2 fully saturated rings. The van der Waals surface area contributed by atoms with Gasteiger partial charge in [0.25, 0.3) is 0 Å². The van der Waals surface area contributed by atoms with E-state index in [1.807, 2.05) is 0 Å². The number of hydrogen-bond donors (Lipinski definition) is 1. The van der Waals surface area contributed by atoms with Crippen molar-refractivity contribution in [3.8, 4) is 0 Å². The second kappa shape index (κ2) is 11.0. The summed E-state index contributed by atoms with van der Waals surface area (Å²) in [5.74, 6) is 0.770. The third-order valence-corrected chi connectivity index (χ3v) is 5.90. The molecule has 144 valence electrons. The molecular weight excluding hydrogens is 344 g/mol. The first-order chi connectivity index (χ1) is 12.1. The minimum absolute atomic E-state index is 0.116. The first kappa shape index (κ1) is 20.5. The number of ether oxygens (including phenoxy) is 2. The zero-order chi connectivity index (χ0) is 18.1. The fourth-order valence-electron chi connectivity index (χ4n) is 4.21. The van der Waals surface area contributed by atoms with Crippen LogP contribution in [-0.2, 0) is 19.1 Å². The van der Waals surface area contributed by atoms with E-state index in [-0.39, 0.29) is 18.3 Å².